The highest BCUT2D eigenvalue weighted by atomic mass is 32.2. The number of aromatic carboxylic acids is 3. The minimum atomic E-state index is -5.19. The van der Waals surface area contributed by atoms with Crippen molar-refractivity contribution in [2.24, 2.45) is 5.92 Å². The van der Waals surface area contributed by atoms with Crippen LogP contribution >= 0.6 is 0 Å². The third-order valence-electron chi connectivity index (χ3n) is 26.1. The van der Waals surface area contributed by atoms with Crippen molar-refractivity contribution in [1.82, 2.24) is 12.9 Å². The van der Waals surface area contributed by atoms with E-state index in [-0.39, 0.29) is 94.0 Å². The molecule has 9 aromatic carbocycles. The van der Waals surface area contributed by atoms with Crippen LogP contribution in [0.3, 0.4) is 0 Å². The second-order valence-corrected chi connectivity index (χ2v) is 40.1. The van der Waals surface area contributed by atoms with Crippen molar-refractivity contribution in [3.63, 3.8) is 0 Å². The third-order valence-corrected chi connectivity index (χ3v) is 31.8. The molecule has 6 aliphatic rings. The molecule has 39 heteroatoms. The number of halogens is 12. The zero-order valence-electron chi connectivity index (χ0n) is 73.2. The van der Waals surface area contributed by atoms with Gasteiger partial charge in [0.05, 0.1) is 25.6 Å². The van der Waals surface area contributed by atoms with Gasteiger partial charge in [-0.25, -0.2) is 92.3 Å². The van der Waals surface area contributed by atoms with Crippen molar-refractivity contribution in [3.8, 4) is 17.2 Å². The van der Waals surface area contributed by atoms with Crippen molar-refractivity contribution in [2.75, 3.05) is 40.9 Å². The smallest absolute Gasteiger partial charge is 0.339 e. The van der Waals surface area contributed by atoms with E-state index in [1.165, 1.54) is 47.9 Å². The first kappa shape index (κ1) is 101. The monoisotopic (exact) mass is 1940 g/mol. The van der Waals surface area contributed by atoms with Crippen LogP contribution in [0.5, 0.6) is 17.2 Å². The molecule has 6 fully saturated rings. The lowest BCUT2D eigenvalue weighted by atomic mass is 9.84. The van der Waals surface area contributed by atoms with E-state index in [1.54, 1.807) is 0 Å². The van der Waals surface area contributed by atoms with Gasteiger partial charge in [-0.3, -0.25) is 14.4 Å². The van der Waals surface area contributed by atoms with Gasteiger partial charge in [0.25, 0.3) is 0 Å². The summed E-state index contributed by atoms with van der Waals surface area (Å²) in [4.78, 5) is 75.1. The maximum Gasteiger partial charge on any atom is 0.339 e. The number of sulfonamides is 3. The van der Waals surface area contributed by atoms with Gasteiger partial charge >= 0.3 is 17.9 Å². The molecule has 9 aromatic rings. The molecule has 3 heterocycles. The van der Waals surface area contributed by atoms with Gasteiger partial charge in [0.15, 0.2) is 84.5 Å². The number of hydrogen-bond donors (Lipinski definition) is 6. The van der Waals surface area contributed by atoms with Crippen molar-refractivity contribution in [3.05, 3.63) is 264 Å². The van der Waals surface area contributed by atoms with Crippen LogP contribution in [0.1, 0.15) is 227 Å². The van der Waals surface area contributed by atoms with Gasteiger partial charge in [0, 0.05) is 78.1 Å². The molecule has 0 spiro atoms. The van der Waals surface area contributed by atoms with Crippen LogP contribution in [-0.2, 0) is 64.1 Å². The number of aromatic hydroxyl groups is 3. The van der Waals surface area contributed by atoms with Gasteiger partial charge < -0.3 is 45.3 Å². The summed E-state index contributed by atoms with van der Waals surface area (Å²) in [5.74, 6) is -31.9. The molecular weight excluding hydrogens is 1850 g/mol. The lowest BCUT2D eigenvalue weighted by molar-refractivity contribution is -0.122. The first-order valence-corrected chi connectivity index (χ1v) is 48.2. The summed E-state index contributed by atoms with van der Waals surface area (Å²) in [5.41, 5.74) is 1.42. The molecule has 3 atom stereocenters. The predicted octanol–water partition coefficient (Wildman–Crippen LogP) is 19.0. The normalized spacial score (nSPS) is 17.8. The van der Waals surface area contributed by atoms with Crippen LogP contribution in [0, 0.1) is 96.5 Å². The van der Waals surface area contributed by atoms with E-state index in [0.717, 1.165) is 155 Å². The van der Waals surface area contributed by atoms with Gasteiger partial charge in [-0.15, -0.1) is 0 Å². The molecule has 0 aromatic heterocycles. The fourth-order valence-corrected chi connectivity index (χ4v) is 23.8. The first-order chi connectivity index (χ1) is 64.0. The summed E-state index contributed by atoms with van der Waals surface area (Å²) >= 11 is 0. The number of carboxylic acids is 3. The Balaban J connectivity index is 0.000000171. The van der Waals surface area contributed by atoms with E-state index in [1.807, 2.05) is 72.8 Å². The summed E-state index contributed by atoms with van der Waals surface area (Å²) in [6.45, 7) is 0.509. The highest BCUT2D eigenvalue weighted by Gasteiger charge is 2.49. The number of rotatable bonds is 24. The molecule has 3 saturated carbocycles. The lowest BCUT2D eigenvalue weighted by Crippen LogP contribution is -2.48. The molecular formula is C96H96F12N6O18S3. The maximum absolute atomic E-state index is 15.0. The molecule has 0 bridgehead atoms. The van der Waals surface area contributed by atoms with Crippen LogP contribution in [-0.4, -0.2) is 143 Å². The van der Waals surface area contributed by atoms with Crippen molar-refractivity contribution < 1.29 is 137 Å². The van der Waals surface area contributed by atoms with Gasteiger partial charge in [-0.2, -0.15) is 12.9 Å². The van der Waals surface area contributed by atoms with Crippen LogP contribution < -0.4 is 14.7 Å². The van der Waals surface area contributed by atoms with Gasteiger partial charge in [-0.1, -0.05) is 131 Å². The van der Waals surface area contributed by atoms with Crippen molar-refractivity contribution in [1.29, 1.82) is 0 Å². The molecule has 0 radical (unpaired) electrons. The summed E-state index contributed by atoms with van der Waals surface area (Å²) in [7, 11) is -15.5. The van der Waals surface area contributed by atoms with Crippen molar-refractivity contribution in [2.45, 2.75) is 213 Å². The first-order valence-electron chi connectivity index (χ1n) is 43.9. The number of phenols is 3. The number of hydrogen-bond acceptors (Lipinski definition) is 15. The number of carbonyl (C=O) groups excluding carboxylic acids is 3. The average Bonchev–Trinajstić information content (AvgIpc) is 1.51. The third kappa shape index (κ3) is 20.9. The minimum Gasteiger partial charge on any atom is -0.507 e. The second kappa shape index (κ2) is 41.7. The Morgan fingerprint density at radius 1 is 0.319 bits per heavy atom. The van der Waals surface area contributed by atoms with Crippen LogP contribution in [0.4, 0.5) is 69.7 Å². The quantitative estimate of drug-likeness (QED) is 0.0186. The average molecular weight is 1950 g/mol. The number of benzene rings is 9. The van der Waals surface area contributed by atoms with Crippen LogP contribution in [0.2, 0.25) is 0 Å². The Labute approximate surface area is 770 Å². The van der Waals surface area contributed by atoms with E-state index in [9.17, 15) is 137 Å². The highest BCUT2D eigenvalue weighted by Crippen LogP contribution is 2.43. The van der Waals surface area contributed by atoms with E-state index in [0.29, 0.717) is 47.4 Å². The fraction of sp³-hybridized carbons (Fsp3) is 0.375. The predicted molar refractivity (Wildman–Crippen MR) is 469 cm³/mol. The Morgan fingerprint density at radius 2 is 0.593 bits per heavy atom. The Kier molecular flexibility index (Phi) is 31.1. The van der Waals surface area contributed by atoms with E-state index < -0.39 is 220 Å². The van der Waals surface area contributed by atoms with Gasteiger partial charge in [0.1, 0.15) is 46.0 Å². The van der Waals surface area contributed by atoms with E-state index in [2.05, 4.69) is 0 Å². The minimum absolute atomic E-state index is 0.0173. The zero-order valence-corrected chi connectivity index (χ0v) is 75.7. The number of anilines is 3. The largest absolute Gasteiger partial charge is 0.507 e. The van der Waals surface area contributed by atoms with Gasteiger partial charge in [0.2, 0.25) is 47.8 Å². The topological polar surface area (TPSA) is 346 Å². The molecule has 720 valence electrons. The lowest BCUT2D eigenvalue weighted by Gasteiger charge is -2.31. The fourth-order valence-electron chi connectivity index (χ4n) is 18.5. The number of carbonyl (C=O) groups is 6. The number of carboxylic acid groups (broad SMARTS) is 3. The number of amides is 3. The maximum atomic E-state index is 15.0. The molecule has 6 N–H and O–H groups in total. The molecule has 3 amide bonds. The standard InChI is InChI=1S/3C32H32F4N2O6S/c2*1-18-26(33)28(35)29(36)30(27(18)34)45(43,44)38-15-5-8-24(38)31(40)37(22-13-14-23(32(41)42)25(39)16-22)17-19-9-11-21(12-10-19)20-6-3-2-4-7-20;1-18-26(33)28(35)30(29(36)27(18)34)45(43,44)37-14-13-22(17-37)31(40)38(23-11-12-24(32(41)42)25(39)15-23)16-19-7-9-21(10-8-19)20-5-3-2-4-6-20/h2*9-14,16,20,24,39H,2-8,15,17H2,1H3,(H,41,42);7-12,15,20,22,39H,2-6,13-14,16-17H2,1H3,(H,41,42)/t2*24-;22-/m101/s1. The molecule has 24 nitrogen and oxygen atoms in total. The Hall–Kier alpha value is -11.9. The van der Waals surface area contributed by atoms with Crippen molar-refractivity contribution >= 4 is 82.8 Å². The summed E-state index contributed by atoms with van der Waals surface area (Å²) < 4.78 is 256. The van der Waals surface area contributed by atoms with Gasteiger partial charge in [-0.05, 0) is 179 Å². The second-order valence-electron chi connectivity index (χ2n) is 34.5. The molecule has 3 aliphatic carbocycles. The summed E-state index contributed by atoms with van der Waals surface area (Å²) in [5, 5.41) is 59.2. The molecule has 0 unspecified atom stereocenters. The SMILES string of the molecule is Cc1c(F)c(F)c(F)c(S(=O)(=O)N2CCC[C@@H]2C(=O)N(Cc2ccc(C3CCCCC3)cc2)c2ccc(C(=O)O)c(O)c2)c1F.Cc1c(F)c(F)c(F)c(S(=O)(=O)N2CCC[C@H]2C(=O)N(Cc2ccc(C3CCCCC3)cc2)c2ccc(C(=O)O)c(O)c2)c1F.Cc1c(F)c(F)c(S(=O)(=O)N2CC[C@@H](C(=O)N(Cc3ccc(C4CCCCC4)cc3)c3ccc(C(=O)O)c(O)c3)C2)c(F)c1F. The summed E-state index contributed by atoms with van der Waals surface area (Å²) in [6.07, 6.45) is 17.0. The zero-order chi connectivity index (χ0) is 97.9. The van der Waals surface area contributed by atoms with E-state index in [4.69, 9.17) is 0 Å². The van der Waals surface area contributed by atoms with E-state index >= 15 is 0 Å². The summed E-state index contributed by atoms with van der Waals surface area (Å²) in [6, 6.07) is 30.3. The number of nitrogens with zero attached hydrogens (tertiary/aromatic N) is 6. The Morgan fingerprint density at radius 3 is 0.889 bits per heavy atom. The Bertz CT molecular complexity index is 6110. The van der Waals surface area contributed by atoms with Crippen LogP contribution in [0.25, 0.3) is 0 Å². The highest BCUT2D eigenvalue weighted by molar-refractivity contribution is 7.89. The molecule has 3 saturated heterocycles. The molecule has 3 aliphatic heterocycles. The molecule has 15 rings (SSSR count). The molecule has 135 heavy (non-hydrogen) atoms. The van der Waals surface area contributed by atoms with Crippen LogP contribution in [0.15, 0.2) is 142 Å².